The SMILES string of the molecule is c1ccc(C2Nc3oc4ccccc4c3N=C2c2cccc(-n3c4ccccc4c4c5c6ccc7ccccc7c6sc5c5ccccc5c43)c2)cc1. The quantitative estimate of drug-likeness (QED) is 0.200. The number of nitrogens with zero attached hydrogens (tertiary/aromatic N) is 2. The van der Waals surface area contributed by atoms with Gasteiger partial charge in [-0.1, -0.05) is 133 Å². The van der Waals surface area contributed by atoms with Crippen LogP contribution in [0.5, 0.6) is 0 Å². The van der Waals surface area contributed by atoms with Crippen molar-refractivity contribution < 1.29 is 4.42 Å². The van der Waals surface area contributed by atoms with Crippen LogP contribution in [-0.2, 0) is 0 Å². The number of hydrogen-bond acceptors (Lipinski definition) is 4. The van der Waals surface area contributed by atoms with Crippen molar-refractivity contribution in [3.8, 4) is 5.69 Å². The monoisotopic (exact) mass is 695 g/mol. The molecule has 1 unspecified atom stereocenters. The molecular formula is C48H29N3OS. The number of furan rings is 1. The molecule has 0 saturated heterocycles. The van der Waals surface area contributed by atoms with Gasteiger partial charge < -0.3 is 14.3 Å². The summed E-state index contributed by atoms with van der Waals surface area (Å²) in [4.78, 5) is 5.40. The molecule has 0 radical (unpaired) electrons. The van der Waals surface area contributed by atoms with Gasteiger partial charge in [-0.2, -0.15) is 0 Å². The Morgan fingerprint density at radius 2 is 1.30 bits per heavy atom. The van der Waals surface area contributed by atoms with E-state index < -0.39 is 0 Å². The van der Waals surface area contributed by atoms with Crippen LogP contribution in [0.25, 0.3) is 80.2 Å². The lowest BCUT2D eigenvalue weighted by Gasteiger charge is -2.25. The first-order chi connectivity index (χ1) is 26.3. The molecule has 3 aromatic heterocycles. The van der Waals surface area contributed by atoms with Gasteiger partial charge in [0.25, 0.3) is 0 Å². The number of hydrogen-bond donors (Lipinski definition) is 1. The summed E-state index contributed by atoms with van der Waals surface area (Å²) in [7, 11) is 0. The molecule has 11 aromatic rings. The Bertz CT molecular complexity index is 3330. The number of para-hydroxylation sites is 2. The van der Waals surface area contributed by atoms with Crippen molar-refractivity contribution in [3.63, 3.8) is 0 Å². The second-order valence-corrected chi connectivity index (χ2v) is 14.9. The van der Waals surface area contributed by atoms with Crippen molar-refractivity contribution >= 4 is 103 Å². The molecule has 1 N–H and O–H groups in total. The Labute approximate surface area is 307 Å². The molecule has 0 aliphatic carbocycles. The number of aromatic nitrogens is 1. The van der Waals surface area contributed by atoms with Gasteiger partial charge in [-0.3, -0.25) is 0 Å². The van der Waals surface area contributed by atoms with E-state index in [1.165, 1.54) is 63.5 Å². The van der Waals surface area contributed by atoms with Crippen LogP contribution >= 0.6 is 11.3 Å². The first-order valence-electron chi connectivity index (χ1n) is 18.0. The lowest BCUT2D eigenvalue weighted by atomic mass is 9.94. The third-order valence-corrected chi connectivity index (χ3v) is 12.3. The molecular weight excluding hydrogens is 667 g/mol. The van der Waals surface area contributed by atoms with Crippen LogP contribution in [0.15, 0.2) is 173 Å². The molecule has 0 spiro atoms. The van der Waals surface area contributed by atoms with Crippen molar-refractivity contribution in [3.05, 3.63) is 175 Å². The minimum atomic E-state index is -0.190. The standard InChI is InChI=1S/C48H29N3OS/c1-2-14-29(15-3-1)42-43(49-44-36-22-9-11-24-39(36)52-48(44)50-42)30-16-12-17-31(27-30)51-38-23-10-8-21-35(38)40-41-37-26-25-28-13-4-5-18-32(28)46(37)53-47(41)34-20-7-6-19-33(34)45(40)51/h1-27,42,50H. The maximum Gasteiger partial charge on any atom is 0.220 e. The predicted octanol–water partition coefficient (Wildman–Crippen LogP) is 13.5. The van der Waals surface area contributed by atoms with Crippen LogP contribution < -0.4 is 5.32 Å². The van der Waals surface area contributed by atoms with E-state index >= 15 is 0 Å². The largest absolute Gasteiger partial charge is 0.438 e. The normalized spacial score (nSPS) is 14.5. The second kappa shape index (κ2) is 10.9. The van der Waals surface area contributed by atoms with Crippen LogP contribution in [0, 0.1) is 0 Å². The maximum absolute atomic E-state index is 6.31. The van der Waals surface area contributed by atoms with E-state index in [-0.39, 0.29) is 6.04 Å². The topological polar surface area (TPSA) is 42.5 Å². The third-order valence-electron chi connectivity index (χ3n) is 11.0. The number of fused-ring (bicyclic) bond motifs is 15. The summed E-state index contributed by atoms with van der Waals surface area (Å²) in [5, 5.41) is 15.1. The van der Waals surface area contributed by atoms with Crippen LogP contribution in [-0.4, -0.2) is 10.3 Å². The van der Waals surface area contributed by atoms with Gasteiger partial charge in [0.05, 0.1) is 22.8 Å². The molecule has 248 valence electrons. The van der Waals surface area contributed by atoms with Crippen LogP contribution in [0.4, 0.5) is 11.6 Å². The van der Waals surface area contributed by atoms with E-state index in [9.17, 15) is 0 Å². The summed E-state index contributed by atoms with van der Waals surface area (Å²) < 4.78 is 11.5. The molecule has 1 aliphatic rings. The fourth-order valence-electron chi connectivity index (χ4n) is 8.71. The van der Waals surface area contributed by atoms with Gasteiger partial charge >= 0.3 is 0 Å². The van der Waals surface area contributed by atoms with E-state index in [0.717, 1.165) is 39.2 Å². The highest BCUT2D eigenvalue weighted by atomic mass is 32.1. The smallest absolute Gasteiger partial charge is 0.220 e. The molecule has 4 heterocycles. The summed E-state index contributed by atoms with van der Waals surface area (Å²) in [5.74, 6) is 0.702. The lowest BCUT2D eigenvalue weighted by Crippen LogP contribution is -2.24. The first-order valence-corrected chi connectivity index (χ1v) is 18.8. The van der Waals surface area contributed by atoms with Crippen LogP contribution in [0.3, 0.4) is 0 Å². The zero-order valence-corrected chi connectivity index (χ0v) is 29.2. The third kappa shape index (κ3) is 4.08. The summed E-state index contributed by atoms with van der Waals surface area (Å²) >= 11 is 1.92. The Balaban J connectivity index is 1.17. The fraction of sp³-hybridized carbons (Fsp3) is 0.0208. The molecule has 0 bridgehead atoms. The molecule has 4 nitrogen and oxygen atoms in total. The minimum Gasteiger partial charge on any atom is -0.438 e. The number of benzene rings is 8. The van der Waals surface area contributed by atoms with Gasteiger partial charge in [0, 0.05) is 58.4 Å². The van der Waals surface area contributed by atoms with E-state index in [2.05, 4.69) is 155 Å². The van der Waals surface area contributed by atoms with Crippen molar-refractivity contribution in [1.82, 2.24) is 4.57 Å². The Kier molecular flexibility index (Phi) is 5.96. The van der Waals surface area contributed by atoms with Gasteiger partial charge in [-0.15, -0.1) is 11.3 Å². The van der Waals surface area contributed by atoms with Gasteiger partial charge in [0.1, 0.15) is 11.3 Å². The summed E-state index contributed by atoms with van der Waals surface area (Å²) in [6.45, 7) is 0. The molecule has 12 rings (SSSR count). The van der Waals surface area contributed by atoms with Crippen molar-refractivity contribution in [2.75, 3.05) is 5.32 Å². The molecule has 1 atom stereocenters. The van der Waals surface area contributed by atoms with E-state index in [1.807, 2.05) is 29.5 Å². The Morgan fingerprint density at radius 1 is 0.566 bits per heavy atom. The first kappa shape index (κ1) is 28.9. The van der Waals surface area contributed by atoms with Crippen LogP contribution in [0.2, 0.25) is 0 Å². The molecule has 0 saturated carbocycles. The van der Waals surface area contributed by atoms with Gasteiger partial charge in [-0.25, -0.2) is 4.99 Å². The van der Waals surface area contributed by atoms with Crippen molar-refractivity contribution in [2.45, 2.75) is 6.04 Å². The van der Waals surface area contributed by atoms with E-state index in [4.69, 9.17) is 9.41 Å². The molecule has 1 aliphatic heterocycles. The maximum atomic E-state index is 6.31. The molecule has 0 amide bonds. The lowest BCUT2D eigenvalue weighted by molar-refractivity contribution is 0.622. The van der Waals surface area contributed by atoms with Crippen LogP contribution in [0.1, 0.15) is 17.2 Å². The highest BCUT2D eigenvalue weighted by Gasteiger charge is 2.30. The zero-order chi connectivity index (χ0) is 34.6. The fourth-order valence-corrected chi connectivity index (χ4v) is 10.1. The minimum absolute atomic E-state index is 0.190. The Hall–Kier alpha value is -6.69. The number of aliphatic imine (C=N–C) groups is 1. The number of nitrogens with one attached hydrogen (secondary N) is 1. The predicted molar refractivity (Wildman–Crippen MR) is 224 cm³/mol. The average Bonchev–Trinajstić information content (AvgIpc) is 3.91. The summed E-state index contributed by atoms with van der Waals surface area (Å²) in [6, 6.07) is 58.6. The van der Waals surface area contributed by atoms with Crippen molar-refractivity contribution in [1.29, 1.82) is 0 Å². The van der Waals surface area contributed by atoms with Crippen molar-refractivity contribution in [2.24, 2.45) is 4.99 Å². The highest BCUT2D eigenvalue weighted by Crippen LogP contribution is 2.50. The zero-order valence-electron chi connectivity index (χ0n) is 28.4. The van der Waals surface area contributed by atoms with Gasteiger partial charge in [-0.05, 0) is 46.7 Å². The van der Waals surface area contributed by atoms with E-state index in [0.29, 0.717) is 5.88 Å². The second-order valence-electron chi connectivity index (χ2n) is 13.9. The summed E-state index contributed by atoms with van der Waals surface area (Å²) in [5.41, 5.74) is 8.33. The summed E-state index contributed by atoms with van der Waals surface area (Å²) in [6.07, 6.45) is 0. The van der Waals surface area contributed by atoms with Gasteiger partial charge in [0.15, 0.2) is 0 Å². The van der Waals surface area contributed by atoms with Gasteiger partial charge in [0.2, 0.25) is 5.88 Å². The molecule has 53 heavy (non-hydrogen) atoms. The Morgan fingerprint density at radius 3 is 2.19 bits per heavy atom. The molecule has 0 fully saturated rings. The average molecular weight is 696 g/mol. The number of thiophene rings is 1. The van der Waals surface area contributed by atoms with E-state index in [1.54, 1.807) is 0 Å². The number of anilines is 1. The highest BCUT2D eigenvalue weighted by molar-refractivity contribution is 7.27. The molecule has 8 aromatic carbocycles. The number of rotatable bonds is 3. The molecule has 5 heteroatoms.